The van der Waals surface area contributed by atoms with E-state index in [0.29, 0.717) is 42.7 Å². The molecule has 1 aromatic heterocycles. The molecule has 8 heteroatoms. The number of nitrogens with one attached hydrogen (secondary N) is 1. The Hall–Kier alpha value is -3.03. The van der Waals surface area contributed by atoms with Crippen LogP contribution in [0.15, 0.2) is 72.9 Å². The number of aliphatic hydroxyl groups excluding tert-OH is 1. The minimum atomic E-state index is -0.761. The van der Waals surface area contributed by atoms with Crippen molar-refractivity contribution in [2.45, 2.75) is 45.1 Å². The van der Waals surface area contributed by atoms with E-state index in [0.717, 1.165) is 39.8 Å². The number of aromatic amines is 1. The van der Waals surface area contributed by atoms with Crippen molar-refractivity contribution in [1.82, 2.24) is 14.8 Å². The maximum atomic E-state index is 13.6. The summed E-state index contributed by atoms with van der Waals surface area (Å²) < 4.78 is 6.04. The van der Waals surface area contributed by atoms with Gasteiger partial charge in [-0.25, -0.2) is 0 Å². The first-order valence-corrected chi connectivity index (χ1v) is 14.4. The number of carbonyl (C=O) groups is 1. The van der Waals surface area contributed by atoms with E-state index in [-0.39, 0.29) is 11.9 Å². The lowest BCUT2D eigenvalue weighted by Gasteiger charge is -2.43. The van der Waals surface area contributed by atoms with E-state index in [2.05, 4.69) is 16.0 Å². The average molecular weight is 581 g/mol. The van der Waals surface area contributed by atoms with Crippen LogP contribution < -0.4 is 4.74 Å². The third-order valence-corrected chi connectivity index (χ3v) is 8.22. The molecule has 5 rings (SSSR count). The standard InChI is InChI=1S/C32H35Cl2N3O3/c1-21(38)31-30(36(2)19-23-14-25(33)16-26(34)15-23)11-13-37(32(31)39)12-10-24-18-35-29-9-8-27(17-28(24)29)40-20-22-6-4-3-5-7-22/h3-9,14-18,21,30-31,35,38H,10-13,19-20H2,1-2H3/t21-,30?,31?/m1/s1. The lowest BCUT2D eigenvalue weighted by Crippen LogP contribution is -2.56. The molecule has 40 heavy (non-hydrogen) atoms. The van der Waals surface area contributed by atoms with Crippen LogP contribution in [0.2, 0.25) is 10.0 Å². The number of benzene rings is 3. The van der Waals surface area contributed by atoms with Crippen molar-refractivity contribution < 1.29 is 14.6 Å². The minimum absolute atomic E-state index is 0.00560. The Kier molecular flexibility index (Phi) is 9.01. The Labute approximate surface area is 245 Å². The number of aliphatic hydroxyl groups is 1. The summed E-state index contributed by atoms with van der Waals surface area (Å²) in [5, 5.41) is 12.9. The number of amides is 1. The second-order valence-electron chi connectivity index (χ2n) is 10.7. The van der Waals surface area contributed by atoms with Crippen LogP contribution >= 0.6 is 23.2 Å². The van der Waals surface area contributed by atoms with Gasteiger partial charge in [-0.05, 0) is 79.9 Å². The molecule has 2 unspecified atom stereocenters. The number of fused-ring (bicyclic) bond motifs is 1. The van der Waals surface area contributed by atoms with Gasteiger partial charge in [-0.15, -0.1) is 0 Å². The number of carbonyl (C=O) groups excluding carboxylic acids is 1. The van der Waals surface area contributed by atoms with Crippen molar-refractivity contribution >= 4 is 40.0 Å². The number of hydrogen-bond acceptors (Lipinski definition) is 4. The summed E-state index contributed by atoms with van der Waals surface area (Å²) in [6.07, 6.45) is 2.74. The molecule has 2 N–H and O–H groups in total. The van der Waals surface area contributed by atoms with Crippen LogP contribution in [0.1, 0.15) is 30.0 Å². The van der Waals surface area contributed by atoms with E-state index in [1.165, 1.54) is 0 Å². The first kappa shape index (κ1) is 28.5. The maximum absolute atomic E-state index is 13.6. The van der Waals surface area contributed by atoms with Crippen molar-refractivity contribution in [1.29, 1.82) is 0 Å². The zero-order chi connectivity index (χ0) is 28.2. The molecule has 0 bridgehead atoms. The normalized spacial score (nSPS) is 18.4. The number of halogens is 2. The van der Waals surface area contributed by atoms with Gasteiger partial charge >= 0.3 is 0 Å². The largest absolute Gasteiger partial charge is 0.489 e. The van der Waals surface area contributed by atoms with Gasteiger partial charge < -0.3 is 19.7 Å². The van der Waals surface area contributed by atoms with Crippen molar-refractivity contribution in [3.8, 4) is 5.75 Å². The number of hydrogen-bond donors (Lipinski definition) is 2. The number of piperidine rings is 1. The number of rotatable bonds is 10. The predicted octanol–water partition coefficient (Wildman–Crippen LogP) is 6.33. The van der Waals surface area contributed by atoms with Gasteiger partial charge in [0.25, 0.3) is 0 Å². The maximum Gasteiger partial charge on any atom is 0.229 e. The van der Waals surface area contributed by atoms with Gasteiger partial charge in [-0.2, -0.15) is 0 Å². The molecule has 0 saturated carbocycles. The lowest BCUT2D eigenvalue weighted by atomic mass is 9.85. The second kappa shape index (κ2) is 12.6. The van der Waals surface area contributed by atoms with Crippen LogP contribution in [0.25, 0.3) is 10.9 Å². The highest BCUT2D eigenvalue weighted by molar-refractivity contribution is 6.34. The van der Waals surface area contributed by atoms with Crippen molar-refractivity contribution in [3.63, 3.8) is 0 Å². The molecule has 1 aliphatic rings. The lowest BCUT2D eigenvalue weighted by molar-refractivity contribution is -0.147. The van der Waals surface area contributed by atoms with Crippen LogP contribution in [-0.2, 0) is 24.4 Å². The molecule has 0 spiro atoms. The molecule has 3 aromatic carbocycles. The Morgan fingerprint density at radius 3 is 2.55 bits per heavy atom. The zero-order valence-corrected chi connectivity index (χ0v) is 24.3. The molecule has 1 fully saturated rings. The van der Waals surface area contributed by atoms with E-state index >= 15 is 0 Å². The molecule has 3 atom stereocenters. The summed E-state index contributed by atoms with van der Waals surface area (Å²) in [5.41, 5.74) is 4.27. The number of nitrogens with zero attached hydrogens (tertiary/aromatic N) is 2. The van der Waals surface area contributed by atoms with Crippen molar-refractivity contribution in [2.24, 2.45) is 5.92 Å². The number of aromatic nitrogens is 1. The monoisotopic (exact) mass is 579 g/mol. The van der Waals surface area contributed by atoms with Gasteiger partial charge in [-0.1, -0.05) is 53.5 Å². The number of ether oxygens (including phenoxy) is 1. The summed E-state index contributed by atoms with van der Waals surface area (Å²) >= 11 is 12.4. The van der Waals surface area contributed by atoms with Gasteiger partial charge in [0.05, 0.1) is 12.0 Å². The van der Waals surface area contributed by atoms with Gasteiger partial charge in [-0.3, -0.25) is 9.69 Å². The highest BCUT2D eigenvalue weighted by atomic mass is 35.5. The molecule has 4 aromatic rings. The van der Waals surface area contributed by atoms with E-state index in [9.17, 15) is 9.90 Å². The van der Waals surface area contributed by atoms with Crippen LogP contribution in [-0.4, -0.2) is 58.1 Å². The van der Waals surface area contributed by atoms with Crippen molar-refractivity contribution in [3.05, 3.63) is 99.7 Å². The zero-order valence-electron chi connectivity index (χ0n) is 22.8. The van der Waals surface area contributed by atoms with E-state index in [1.54, 1.807) is 13.0 Å². The highest BCUT2D eigenvalue weighted by Gasteiger charge is 2.41. The molecule has 0 aliphatic carbocycles. The predicted molar refractivity (Wildman–Crippen MR) is 161 cm³/mol. The third kappa shape index (κ3) is 6.64. The summed E-state index contributed by atoms with van der Waals surface area (Å²) in [6, 6.07) is 21.6. The Bertz CT molecular complexity index is 1440. The van der Waals surface area contributed by atoms with E-state index in [1.807, 2.05) is 72.7 Å². The Morgan fingerprint density at radius 1 is 1.07 bits per heavy atom. The molecule has 2 heterocycles. The fraction of sp³-hybridized carbons (Fsp3) is 0.344. The van der Waals surface area contributed by atoms with Crippen LogP contribution in [0.4, 0.5) is 0 Å². The summed E-state index contributed by atoms with van der Waals surface area (Å²) in [6.45, 7) is 4.03. The van der Waals surface area contributed by atoms with Gasteiger partial charge in [0.15, 0.2) is 0 Å². The molecule has 0 radical (unpaired) electrons. The fourth-order valence-corrected chi connectivity index (χ4v) is 6.33. The summed E-state index contributed by atoms with van der Waals surface area (Å²) in [7, 11) is 1.99. The average Bonchev–Trinajstić information content (AvgIpc) is 3.33. The molecule has 1 amide bonds. The molecule has 6 nitrogen and oxygen atoms in total. The van der Waals surface area contributed by atoms with Crippen molar-refractivity contribution in [2.75, 3.05) is 20.1 Å². The molecular formula is C32H35Cl2N3O3. The topological polar surface area (TPSA) is 68.8 Å². The van der Waals surface area contributed by atoms with Gasteiger partial charge in [0, 0.05) is 52.8 Å². The van der Waals surface area contributed by atoms with Crippen LogP contribution in [0.3, 0.4) is 0 Å². The molecule has 210 valence electrons. The Balaban J connectivity index is 1.23. The summed E-state index contributed by atoms with van der Waals surface area (Å²) in [5.74, 6) is 0.301. The first-order chi connectivity index (χ1) is 19.3. The third-order valence-electron chi connectivity index (χ3n) is 7.78. The Morgan fingerprint density at radius 2 is 1.82 bits per heavy atom. The fourth-order valence-electron chi connectivity index (χ4n) is 5.76. The quantitative estimate of drug-likeness (QED) is 0.230. The molecule has 1 aliphatic heterocycles. The first-order valence-electron chi connectivity index (χ1n) is 13.7. The smallest absolute Gasteiger partial charge is 0.229 e. The van der Waals surface area contributed by atoms with Crippen LogP contribution in [0, 0.1) is 5.92 Å². The van der Waals surface area contributed by atoms with Crippen LogP contribution in [0.5, 0.6) is 5.75 Å². The molecule has 1 saturated heterocycles. The van der Waals surface area contributed by atoms with Gasteiger partial charge in [0.1, 0.15) is 12.4 Å². The highest BCUT2D eigenvalue weighted by Crippen LogP contribution is 2.30. The minimum Gasteiger partial charge on any atom is -0.489 e. The van der Waals surface area contributed by atoms with E-state index in [4.69, 9.17) is 27.9 Å². The molecular weight excluding hydrogens is 545 g/mol. The summed E-state index contributed by atoms with van der Waals surface area (Å²) in [4.78, 5) is 21.0. The number of likely N-dealkylation sites (tertiary alicyclic amines) is 1. The second-order valence-corrected chi connectivity index (χ2v) is 11.6. The SMILES string of the molecule is C[C@@H](O)C1C(=O)N(CCc2c[nH]c3ccc(OCc4ccccc4)cc23)CCC1N(C)Cc1cc(Cl)cc(Cl)c1. The van der Waals surface area contributed by atoms with E-state index < -0.39 is 12.0 Å². The van der Waals surface area contributed by atoms with Gasteiger partial charge in [0.2, 0.25) is 5.91 Å². The number of H-pyrrole nitrogens is 1.